The third-order valence-electron chi connectivity index (χ3n) is 3.93. The summed E-state index contributed by atoms with van der Waals surface area (Å²) in [6, 6.07) is 10.6. The first-order valence-electron chi connectivity index (χ1n) is 7.70. The van der Waals surface area contributed by atoms with Gasteiger partial charge in [-0.1, -0.05) is 57.5 Å². The maximum atomic E-state index is 6.23. The number of nitrogens with two attached hydrogens (primary N) is 1. The number of nitrogens with zero attached hydrogens (tertiary/aromatic N) is 1. The lowest BCUT2D eigenvalue weighted by molar-refractivity contribution is 0.239. The van der Waals surface area contributed by atoms with Crippen molar-refractivity contribution in [3.63, 3.8) is 0 Å². The highest BCUT2D eigenvalue weighted by molar-refractivity contribution is 5.18. The minimum atomic E-state index is 0.184. The van der Waals surface area contributed by atoms with E-state index in [1.807, 2.05) is 6.07 Å². The zero-order valence-corrected chi connectivity index (χ0v) is 12.8. The van der Waals surface area contributed by atoms with Crippen LogP contribution in [0.4, 0.5) is 0 Å². The minimum absolute atomic E-state index is 0.184. The highest BCUT2D eigenvalue weighted by atomic mass is 15.1. The fourth-order valence-corrected chi connectivity index (χ4v) is 2.35. The van der Waals surface area contributed by atoms with Crippen molar-refractivity contribution in [3.8, 4) is 0 Å². The largest absolute Gasteiger partial charge is 0.324 e. The van der Waals surface area contributed by atoms with E-state index in [4.69, 9.17) is 5.73 Å². The quantitative estimate of drug-likeness (QED) is 0.733. The van der Waals surface area contributed by atoms with Crippen LogP contribution in [0.15, 0.2) is 30.3 Å². The molecule has 2 atom stereocenters. The summed E-state index contributed by atoms with van der Waals surface area (Å²) >= 11 is 0. The average Bonchev–Trinajstić information content (AvgIpc) is 2.46. The SMILES string of the molecule is CCC(C)CN(CC)CCCC(N)c1ccccc1. The average molecular weight is 262 g/mol. The predicted octanol–water partition coefficient (Wildman–Crippen LogP) is 3.83. The van der Waals surface area contributed by atoms with E-state index in [-0.39, 0.29) is 6.04 Å². The molecule has 0 aliphatic heterocycles. The Kier molecular flexibility index (Phi) is 7.76. The zero-order valence-electron chi connectivity index (χ0n) is 12.8. The lowest BCUT2D eigenvalue weighted by Gasteiger charge is -2.24. The second kappa shape index (κ2) is 9.11. The minimum Gasteiger partial charge on any atom is -0.324 e. The first-order valence-corrected chi connectivity index (χ1v) is 7.70. The normalized spacial score (nSPS) is 14.6. The number of rotatable bonds is 9. The Bertz CT molecular complexity index is 323. The van der Waals surface area contributed by atoms with E-state index in [0.717, 1.165) is 18.9 Å². The summed E-state index contributed by atoms with van der Waals surface area (Å²) in [5.41, 5.74) is 7.49. The van der Waals surface area contributed by atoms with Gasteiger partial charge < -0.3 is 10.6 Å². The summed E-state index contributed by atoms with van der Waals surface area (Å²) in [5, 5.41) is 0. The summed E-state index contributed by atoms with van der Waals surface area (Å²) < 4.78 is 0. The molecule has 0 spiro atoms. The topological polar surface area (TPSA) is 29.3 Å². The lowest BCUT2D eigenvalue weighted by Crippen LogP contribution is -2.29. The molecule has 0 aliphatic carbocycles. The molecule has 2 nitrogen and oxygen atoms in total. The molecule has 0 saturated carbocycles. The van der Waals surface area contributed by atoms with Crippen LogP contribution in [0.2, 0.25) is 0 Å². The monoisotopic (exact) mass is 262 g/mol. The summed E-state index contributed by atoms with van der Waals surface area (Å²) in [5.74, 6) is 0.794. The molecule has 2 N–H and O–H groups in total. The van der Waals surface area contributed by atoms with Crippen molar-refractivity contribution < 1.29 is 0 Å². The van der Waals surface area contributed by atoms with E-state index in [9.17, 15) is 0 Å². The Morgan fingerprint density at radius 3 is 2.42 bits per heavy atom. The molecule has 0 saturated heterocycles. The van der Waals surface area contributed by atoms with Crippen LogP contribution in [0.5, 0.6) is 0 Å². The van der Waals surface area contributed by atoms with Crippen LogP contribution in [-0.4, -0.2) is 24.5 Å². The molecule has 0 aromatic heterocycles. The molecular formula is C17H30N2. The van der Waals surface area contributed by atoms with Gasteiger partial charge in [-0.3, -0.25) is 0 Å². The van der Waals surface area contributed by atoms with Gasteiger partial charge in [-0.25, -0.2) is 0 Å². The van der Waals surface area contributed by atoms with E-state index in [2.05, 4.69) is 49.9 Å². The Hall–Kier alpha value is -0.860. The van der Waals surface area contributed by atoms with Crippen LogP contribution < -0.4 is 5.73 Å². The van der Waals surface area contributed by atoms with Crippen molar-refractivity contribution in [1.82, 2.24) is 4.90 Å². The van der Waals surface area contributed by atoms with Crippen LogP contribution >= 0.6 is 0 Å². The summed E-state index contributed by atoms with van der Waals surface area (Å²) in [6.45, 7) is 10.4. The van der Waals surface area contributed by atoms with Gasteiger partial charge in [0.1, 0.15) is 0 Å². The molecule has 2 heteroatoms. The van der Waals surface area contributed by atoms with Crippen LogP contribution in [-0.2, 0) is 0 Å². The number of hydrogen-bond acceptors (Lipinski definition) is 2. The summed E-state index contributed by atoms with van der Waals surface area (Å²) in [4.78, 5) is 2.55. The molecule has 0 bridgehead atoms. The van der Waals surface area contributed by atoms with Crippen LogP contribution in [0.3, 0.4) is 0 Å². The predicted molar refractivity (Wildman–Crippen MR) is 84.2 cm³/mol. The first kappa shape index (κ1) is 16.2. The Labute approximate surface area is 119 Å². The molecule has 1 aromatic carbocycles. The number of hydrogen-bond donors (Lipinski definition) is 1. The third-order valence-corrected chi connectivity index (χ3v) is 3.93. The van der Waals surface area contributed by atoms with Gasteiger partial charge in [-0.2, -0.15) is 0 Å². The highest BCUT2D eigenvalue weighted by Crippen LogP contribution is 2.15. The van der Waals surface area contributed by atoms with E-state index >= 15 is 0 Å². The second-order valence-corrected chi connectivity index (χ2v) is 5.57. The molecular weight excluding hydrogens is 232 g/mol. The summed E-state index contributed by atoms with van der Waals surface area (Å²) in [7, 11) is 0. The molecule has 1 aromatic rings. The van der Waals surface area contributed by atoms with Crippen molar-refractivity contribution in [2.24, 2.45) is 11.7 Å². The van der Waals surface area contributed by atoms with Gasteiger partial charge in [0.15, 0.2) is 0 Å². The number of benzene rings is 1. The molecule has 108 valence electrons. The van der Waals surface area contributed by atoms with Crippen LogP contribution in [0.25, 0.3) is 0 Å². The van der Waals surface area contributed by atoms with Gasteiger partial charge >= 0.3 is 0 Å². The molecule has 2 unspecified atom stereocenters. The van der Waals surface area contributed by atoms with E-state index in [0.29, 0.717) is 0 Å². The van der Waals surface area contributed by atoms with E-state index < -0.39 is 0 Å². The molecule has 0 fully saturated rings. The maximum absolute atomic E-state index is 6.23. The van der Waals surface area contributed by atoms with Gasteiger partial charge in [0.2, 0.25) is 0 Å². The lowest BCUT2D eigenvalue weighted by atomic mass is 10.0. The van der Waals surface area contributed by atoms with Gasteiger partial charge in [0.05, 0.1) is 0 Å². The molecule has 1 rings (SSSR count). The smallest absolute Gasteiger partial charge is 0.0295 e. The Morgan fingerprint density at radius 1 is 1.16 bits per heavy atom. The van der Waals surface area contributed by atoms with Crippen molar-refractivity contribution in [3.05, 3.63) is 35.9 Å². The fraction of sp³-hybridized carbons (Fsp3) is 0.647. The molecule has 0 amide bonds. The summed E-state index contributed by atoms with van der Waals surface area (Å²) in [6.07, 6.45) is 3.52. The molecule has 0 radical (unpaired) electrons. The van der Waals surface area contributed by atoms with Crippen molar-refractivity contribution in [2.45, 2.75) is 46.1 Å². The maximum Gasteiger partial charge on any atom is 0.0295 e. The van der Waals surface area contributed by atoms with Crippen LogP contribution in [0, 0.1) is 5.92 Å². The van der Waals surface area contributed by atoms with Crippen molar-refractivity contribution in [1.29, 1.82) is 0 Å². The standard InChI is InChI=1S/C17H30N2/c1-4-15(3)14-19(5-2)13-9-12-17(18)16-10-7-6-8-11-16/h6-8,10-11,15,17H,4-5,9,12-14,18H2,1-3H3. The Balaban J connectivity index is 2.28. The van der Waals surface area contributed by atoms with Gasteiger partial charge in [0, 0.05) is 12.6 Å². The van der Waals surface area contributed by atoms with Crippen LogP contribution in [0.1, 0.15) is 51.6 Å². The van der Waals surface area contributed by atoms with Gasteiger partial charge in [-0.05, 0) is 37.4 Å². The fourth-order valence-electron chi connectivity index (χ4n) is 2.35. The molecule has 0 aliphatic rings. The van der Waals surface area contributed by atoms with E-state index in [1.54, 1.807) is 0 Å². The highest BCUT2D eigenvalue weighted by Gasteiger charge is 2.09. The zero-order chi connectivity index (χ0) is 14.1. The third kappa shape index (κ3) is 6.22. The molecule has 0 heterocycles. The first-order chi connectivity index (χ1) is 9.17. The van der Waals surface area contributed by atoms with E-state index in [1.165, 1.54) is 31.5 Å². The van der Waals surface area contributed by atoms with Gasteiger partial charge in [0.25, 0.3) is 0 Å². The second-order valence-electron chi connectivity index (χ2n) is 5.57. The van der Waals surface area contributed by atoms with Crippen molar-refractivity contribution in [2.75, 3.05) is 19.6 Å². The van der Waals surface area contributed by atoms with Gasteiger partial charge in [-0.15, -0.1) is 0 Å². The van der Waals surface area contributed by atoms with Crippen molar-refractivity contribution >= 4 is 0 Å². The molecule has 19 heavy (non-hydrogen) atoms. The Morgan fingerprint density at radius 2 is 1.84 bits per heavy atom.